The van der Waals surface area contributed by atoms with Crippen LogP contribution in [0.25, 0.3) is 0 Å². The average Bonchev–Trinajstić information content (AvgIpc) is 2.29. The van der Waals surface area contributed by atoms with Crippen molar-refractivity contribution in [1.29, 1.82) is 0 Å². The maximum atomic E-state index is 11.1. The van der Waals surface area contributed by atoms with E-state index < -0.39 is 23.5 Å². The molecule has 104 valence electrons. The Morgan fingerprint density at radius 2 is 1.67 bits per heavy atom. The maximum absolute atomic E-state index is 11.1. The summed E-state index contributed by atoms with van der Waals surface area (Å²) in [6.45, 7) is 10.0. The predicted octanol–water partition coefficient (Wildman–Crippen LogP) is 1.81. The highest BCUT2D eigenvalue weighted by atomic mass is 17.3. The summed E-state index contributed by atoms with van der Waals surface area (Å²) in [6, 6.07) is 0. The first-order valence-electron chi connectivity index (χ1n) is 5.03. The van der Waals surface area contributed by atoms with Crippen molar-refractivity contribution in [3.8, 4) is 0 Å². The van der Waals surface area contributed by atoms with Crippen LogP contribution in [0.15, 0.2) is 12.3 Å². The van der Waals surface area contributed by atoms with Gasteiger partial charge in [-0.05, 0) is 34.3 Å². The molecule has 0 aromatic carbocycles. The van der Waals surface area contributed by atoms with Crippen LogP contribution in [0.3, 0.4) is 0 Å². The molecule has 0 saturated carbocycles. The van der Waals surface area contributed by atoms with Gasteiger partial charge in [0.2, 0.25) is 5.76 Å². The first-order chi connectivity index (χ1) is 8.26. The third kappa shape index (κ3) is 8.36. The van der Waals surface area contributed by atoms with E-state index in [0.29, 0.717) is 0 Å². The second-order valence-corrected chi connectivity index (χ2v) is 3.90. The molecule has 18 heavy (non-hydrogen) atoms. The maximum Gasteiger partial charge on any atom is 0.582 e. The fourth-order valence-corrected chi connectivity index (χ4v) is 0.449. The molecular formula is C10H16O8. The molecule has 0 fully saturated rings. The van der Waals surface area contributed by atoms with Crippen LogP contribution in [0.5, 0.6) is 0 Å². The SMILES string of the molecule is C=C(OOC(C)(C)C)C(=O)OOC(=O)OOCC. The first-order valence-corrected chi connectivity index (χ1v) is 5.03. The highest BCUT2D eigenvalue weighted by Gasteiger charge is 2.20. The lowest BCUT2D eigenvalue weighted by molar-refractivity contribution is -0.331. The monoisotopic (exact) mass is 264 g/mol. The molecule has 0 bridgehead atoms. The molecule has 8 heteroatoms. The van der Waals surface area contributed by atoms with Gasteiger partial charge in [-0.25, -0.2) is 14.6 Å². The van der Waals surface area contributed by atoms with Crippen LogP contribution in [-0.4, -0.2) is 24.3 Å². The fraction of sp³-hybridized carbons (Fsp3) is 0.600. The minimum Gasteiger partial charge on any atom is -0.330 e. The molecule has 0 aromatic rings. The summed E-state index contributed by atoms with van der Waals surface area (Å²) in [7, 11) is 0. The Hall–Kier alpha value is -1.80. The lowest BCUT2D eigenvalue weighted by atomic mass is 10.2. The van der Waals surface area contributed by atoms with E-state index in [2.05, 4.69) is 31.0 Å². The Kier molecular flexibility index (Phi) is 6.76. The lowest BCUT2D eigenvalue weighted by Crippen LogP contribution is -2.22. The van der Waals surface area contributed by atoms with Gasteiger partial charge < -0.3 is 4.89 Å². The van der Waals surface area contributed by atoms with Gasteiger partial charge in [0.05, 0.1) is 6.61 Å². The van der Waals surface area contributed by atoms with Gasteiger partial charge >= 0.3 is 12.1 Å². The zero-order chi connectivity index (χ0) is 14.2. The molecule has 0 atom stereocenters. The van der Waals surface area contributed by atoms with Gasteiger partial charge in [-0.15, -0.1) is 0 Å². The Bertz CT molecular complexity index is 303. The Morgan fingerprint density at radius 3 is 2.17 bits per heavy atom. The molecule has 0 saturated heterocycles. The number of hydrogen-bond acceptors (Lipinski definition) is 8. The molecule has 0 unspecified atom stereocenters. The van der Waals surface area contributed by atoms with Crippen LogP contribution in [0.4, 0.5) is 4.79 Å². The highest BCUT2D eigenvalue weighted by molar-refractivity contribution is 5.85. The van der Waals surface area contributed by atoms with Gasteiger partial charge in [-0.1, -0.05) is 0 Å². The quantitative estimate of drug-likeness (QED) is 0.321. The van der Waals surface area contributed by atoms with Crippen molar-refractivity contribution in [3.63, 3.8) is 0 Å². The van der Waals surface area contributed by atoms with E-state index >= 15 is 0 Å². The van der Waals surface area contributed by atoms with Crippen LogP contribution in [0.1, 0.15) is 27.7 Å². The van der Waals surface area contributed by atoms with Crippen LogP contribution in [0.2, 0.25) is 0 Å². The molecule has 0 aliphatic rings. The summed E-state index contributed by atoms with van der Waals surface area (Å²) in [6.07, 6.45) is -1.34. The zero-order valence-corrected chi connectivity index (χ0v) is 10.7. The minimum atomic E-state index is -1.34. The van der Waals surface area contributed by atoms with Crippen molar-refractivity contribution >= 4 is 12.1 Å². The fourth-order valence-electron chi connectivity index (χ4n) is 0.449. The average molecular weight is 264 g/mol. The van der Waals surface area contributed by atoms with Crippen LogP contribution < -0.4 is 0 Å². The van der Waals surface area contributed by atoms with Crippen molar-refractivity contribution in [3.05, 3.63) is 12.3 Å². The largest absolute Gasteiger partial charge is 0.582 e. The molecular weight excluding hydrogens is 248 g/mol. The van der Waals surface area contributed by atoms with E-state index in [9.17, 15) is 9.59 Å². The van der Waals surface area contributed by atoms with Gasteiger partial charge in [0, 0.05) is 0 Å². The standard InChI is InChI=1S/C10H16O8/c1-6-13-16-9(12)17-15-8(11)7(2)14-18-10(3,4)5/h2,6H2,1,3-5H3. The van der Waals surface area contributed by atoms with E-state index in [1.165, 1.54) is 0 Å². The van der Waals surface area contributed by atoms with Crippen LogP contribution in [-0.2, 0) is 34.1 Å². The summed E-state index contributed by atoms with van der Waals surface area (Å²) in [4.78, 5) is 47.4. The minimum absolute atomic E-state index is 0.123. The second kappa shape index (κ2) is 7.51. The normalized spacial score (nSPS) is 10.4. The van der Waals surface area contributed by atoms with Gasteiger partial charge in [0.15, 0.2) is 0 Å². The van der Waals surface area contributed by atoms with E-state index in [4.69, 9.17) is 4.89 Å². The summed E-state index contributed by atoms with van der Waals surface area (Å²) in [5, 5.41) is 0. The number of hydrogen-bond donors (Lipinski definition) is 0. The van der Waals surface area contributed by atoms with Gasteiger partial charge in [0.25, 0.3) is 0 Å². The topological polar surface area (TPSA) is 89.5 Å². The smallest absolute Gasteiger partial charge is 0.330 e. The Labute approximate surface area is 104 Å². The molecule has 0 amide bonds. The summed E-state index contributed by atoms with van der Waals surface area (Å²) in [5.74, 6) is -1.64. The van der Waals surface area contributed by atoms with Crippen LogP contribution in [0, 0.1) is 0 Å². The number of rotatable bonds is 5. The molecule has 8 nitrogen and oxygen atoms in total. The molecule has 0 aliphatic heterocycles. The lowest BCUT2D eigenvalue weighted by Gasteiger charge is -2.17. The van der Waals surface area contributed by atoms with Gasteiger partial charge in [0.1, 0.15) is 5.60 Å². The van der Waals surface area contributed by atoms with Crippen molar-refractivity contribution in [2.45, 2.75) is 33.3 Å². The highest BCUT2D eigenvalue weighted by Crippen LogP contribution is 2.10. The molecule has 0 aliphatic carbocycles. The molecule has 0 radical (unpaired) electrons. The van der Waals surface area contributed by atoms with Gasteiger partial charge in [-0.2, -0.15) is 14.6 Å². The van der Waals surface area contributed by atoms with Crippen molar-refractivity contribution in [2.75, 3.05) is 6.61 Å². The second-order valence-electron chi connectivity index (χ2n) is 3.90. The predicted molar refractivity (Wildman–Crippen MR) is 56.3 cm³/mol. The summed E-state index contributed by atoms with van der Waals surface area (Å²) >= 11 is 0. The third-order valence-corrected chi connectivity index (χ3v) is 1.05. The van der Waals surface area contributed by atoms with Crippen molar-refractivity contribution in [1.82, 2.24) is 0 Å². The van der Waals surface area contributed by atoms with Crippen molar-refractivity contribution < 1.29 is 38.9 Å². The molecule has 0 spiro atoms. The van der Waals surface area contributed by atoms with Crippen LogP contribution >= 0.6 is 0 Å². The third-order valence-electron chi connectivity index (χ3n) is 1.05. The number of carbonyl (C=O) groups is 2. The molecule has 0 aromatic heterocycles. The Balaban J connectivity index is 3.88. The van der Waals surface area contributed by atoms with Crippen molar-refractivity contribution in [2.24, 2.45) is 0 Å². The Morgan fingerprint density at radius 1 is 1.06 bits per heavy atom. The van der Waals surface area contributed by atoms with E-state index in [1.807, 2.05) is 0 Å². The molecule has 0 rings (SSSR count). The summed E-state index contributed by atoms with van der Waals surface area (Å²) in [5.41, 5.74) is -0.641. The zero-order valence-electron chi connectivity index (χ0n) is 10.7. The first kappa shape index (κ1) is 16.2. The van der Waals surface area contributed by atoms with E-state index in [-0.39, 0.29) is 6.61 Å². The van der Waals surface area contributed by atoms with Gasteiger partial charge in [-0.3, -0.25) is 4.89 Å². The van der Waals surface area contributed by atoms with E-state index in [1.54, 1.807) is 27.7 Å². The molecule has 0 heterocycles. The summed E-state index contributed by atoms with van der Waals surface area (Å²) < 4.78 is 0. The number of carbonyl (C=O) groups excluding carboxylic acids is 2. The van der Waals surface area contributed by atoms with E-state index in [0.717, 1.165) is 0 Å². The molecule has 0 N–H and O–H groups in total.